The number of hydrogen-bond acceptors (Lipinski definition) is 9. The molecule has 0 unspecified atom stereocenters. The second-order valence-electron chi connectivity index (χ2n) is 13.0. The molecule has 6 bridgehead atoms. The molecule has 258 valence electrons. The highest BCUT2D eigenvalue weighted by molar-refractivity contribution is 5.91. The number of methoxy groups -OCH3 is 1. The van der Waals surface area contributed by atoms with E-state index in [1.807, 2.05) is 19.9 Å². The van der Waals surface area contributed by atoms with Crippen molar-refractivity contribution in [1.29, 1.82) is 0 Å². The fourth-order valence-corrected chi connectivity index (χ4v) is 6.88. The lowest BCUT2D eigenvalue weighted by Gasteiger charge is -2.24. The van der Waals surface area contributed by atoms with Gasteiger partial charge in [0.15, 0.2) is 23.0 Å². The second kappa shape index (κ2) is 13.3. The number of carbonyl (C=O) groups excluding carboxylic acids is 3. The Bertz CT molecular complexity index is 2130. The summed E-state index contributed by atoms with van der Waals surface area (Å²) in [5.74, 6) is 0.895. The molecule has 7 rings (SSSR count). The lowest BCUT2D eigenvalue weighted by atomic mass is 10.0. The first-order valence-corrected chi connectivity index (χ1v) is 16.5. The van der Waals surface area contributed by atoms with E-state index in [0.29, 0.717) is 40.8 Å². The van der Waals surface area contributed by atoms with Crippen LogP contribution >= 0.6 is 0 Å². The van der Waals surface area contributed by atoms with E-state index in [1.54, 1.807) is 43.5 Å². The number of furan rings is 1. The number of benzene rings is 3. The van der Waals surface area contributed by atoms with Crippen LogP contribution in [0.1, 0.15) is 46.5 Å². The van der Waals surface area contributed by atoms with Crippen LogP contribution in [0, 0.1) is 20.8 Å². The Balaban J connectivity index is 1.15. The molecular formula is C38H38N4O8. The molecule has 2 aliphatic rings. The number of oxazole rings is 1. The van der Waals surface area contributed by atoms with Crippen molar-refractivity contribution >= 4 is 28.7 Å². The Morgan fingerprint density at radius 2 is 1.92 bits per heavy atom. The zero-order chi connectivity index (χ0) is 35.1. The number of rotatable bonds is 4. The van der Waals surface area contributed by atoms with Crippen LogP contribution in [0.4, 0.5) is 0 Å². The molecule has 4 heterocycles. The summed E-state index contributed by atoms with van der Waals surface area (Å²) in [6.07, 6.45) is 2.40. The number of hydrogen-bond donors (Lipinski definition) is 3. The fraction of sp³-hybridized carbons (Fsp3) is 0.316. The van der Waals surface area contributed by atoms with Crippen LogP contribution in [0.15, 0.2) is 63.6 Å². The van der Waals surface area contributed by atoms with E-state index in [0.717, 1.165) is 33.2 Å². The van der Waals surface area contributed by atoms with Crippen LogP contribution in [-0.4, -0.2) is 58.5 Å². The highest BCUT2D eigenvalue weighted by Gasteiger charge is 2.40. The molecule has 0 aliphatic carbocycles. The number of fused-ring (bicyclic) bond motifs is 9. The standard InChI is InChI=1S/C38H38N4O8/c1-20-11-21(2)36-25(19-48-33(36)12-20)15-34(44)40-26-16-28-37(46)39-17-27-22(3)49-38(41-27)24-7-9-30(47-4)32(14-24)50-31-13-23(5-8-29(31)43)6-10-35(45)42(28)18-26/h5,7-9,11-14,19,26,28,43H,6,10,15-18H2,1-4H3,(H,39,46)(H,40,44)/t26-,28-/m0/s1. The molecule has 3 aromatic carbocycles. The molecule has 2 aromatic heterocycles. The first-order chi connectivity index (χ1) is 24.1. The Hall–Kier alpha value is -5.78. The van der Waals surface area contributed by atoms with Gasteiger partial charge in [0, 0.05) is 35.5 Å². The van der Waals surface area contributed by atoms with Crippen molar-refractivity contribution in [3.8, 4) is 34.5 Å². The van der Waals surface area contributed by atoms with Crippen molar-refractivity contribution in [2.45, 2.75) is 65.1 Å². The summed E-state index contributed by atoms with van der Waals surface area (Å²) in [6.45, 7) is 6.00. The number of carbonyl (C=O) groups is 3. The monoisotopic (exact) mass is 678 g/mol. The van der Waals surface area contributed by atoms with Gasteiger partial charge < -0.3 is 38.9 Å². The number of aromatic hydroxyl groups is 1. The van der Waals surface area contributed by atoms with E-state index < -0.39 is 12.1 Å². The summed E-state index contributed by atoms with van der Waals surface area (Å²) in [4.78, 5) is 46.9. The van der Waals surface area contributed by atoms with E-state index in [1.165, 1.54) is 18.1 Å². The minimum Gasteiger partial charge on any atom is -0.504 e. The van der Waals surface area contributed by atoms with Gasteiger partial charge in [-0.3, -0.25) is 14.4 Å². The largest absolute Gasteiger partial charge is 0.504 e. The molecular weight excluding hydrogens is 640 g/mol. The van der Waals surface area contributed by atoms with Crippen LogP contribution in [0.25, 0.3) is 22.4 Å². The number of nitrogens with one attached hydrogen (secondary N) is 2. The Kier molecular flexibility index (Phi) is 8.69. The summed E-state index contributed by atoms with van der Waals surface area (Å²) in [6, 6.07) is 12.9. The van der Waals surface area contributed by atoms with Crippen molar-refractivity contribution in [1.82, 2.24) is 20.5 Å². The summed E-state index contributed by atoms with van der Waals surface area (Å²) in [5, 5.41) is 17.6. The Labute approximate surface area is 288 Å². The molecule has 50 heavy (non-hydrogen) atoms. The summed E-state index contributed by atoms with van der Waals surface area (Å²) in [5.41, 5.74) is 5.50. The number of aryl methyl sites for hydroxylation is 4. The number of nitrogens with zero attached hydrogens (tertiary/aromatic N) is 2. The predicted octanol–water partition coefficient (Wildman–Crippen LogP) is 5.41. The molecule has 0 saturated carbocycles. The molecule has 12 nitrogen and oxygen atoms in total. The molecule has 3 N–H and O–H groups in total. The summed E-state index contributed by atoms with van der Waals surface area (Å²) >= 11 is 0. The van der Waals surface area contributed by atoms with Crippen molar-refractivity contribution in [3.05, 3.63) is 88.5 Å². The lowest BCUT2D eigenvalue weighted by Crippen LogP contribution is -2.46. The maximum Gasteiger partial charge on any atom is 0.243 e. The van der Waals surface area contributed by atoms with Crippen molar-refractivity contribution < 1.29 is 37.8 Å². The van der Waals surface area contributed by atoms with Gasteiger partial charge in [0.05, 0.1) is 26.3 Å². The molecule has 0 spiro atoms. The van der Waals surface area contributed by atoms with Crippen LogP contribution < -0.4 is 20.1 Å². The van der Waals surface area contributed by atoms with Gasteiger partial charge in [-0.05, 0) is 86.7 Å². The van der Waals surface area contributed by atoms with Gasteiger partial charge in [-0.1, -0.05) is 12.1 Å². The second-order valence-corrected chi connectivity index (χ2v) is 13.0. The SMILES string of the molecule is COc1ccc2cc1Oc1cc(ccc1O)CCC(=O)N1C[C@@H](NC(=O)Cc3coc4cc(C)cc(C)c34)C[C@H]1C(=O)NCc1nc-2oc1C. The quantitative estimate of drug-likeness (QED) is 0.226. The maximum atomic E-state index is 13.7. The van der Waals surface area contributed by atoms with Gasteiger partial charge in [0.1, 0.15) is 23.1 Å². The van der Waals surface area contributed by atoms with Gasteiger partial charge in [-0.25, -0.2) is 4.98 Å². The smallest absolute Gasteiger partial charge is 0.243 e. The van der Waals surface area contributed by atoms with Gasteiger partial charge in [-0.15, -0.1) is 0 Å². The number of phenols is 1. The molecule has 5 aromatic rings. The van der Waals surface area contributed by atoms with Crippen LogP contribution in [0.2, 0.25) is 0 Å². The van der Waals surface area contributed by atoms with Gasteiger partial charge in [0.2, 0.25) is 23.6 Å². The fourth-order valence-electron chi connectivity index (χ4n) is 6.88. The topological polar surface area (TPSA) is 156 Å². The summed E-state index contributed by atoms with van der Waals surface area (Å²) in [7, 11) is 1.52. The van der Waals surface area contributed by atoms with Gasteiger partial charge in [0.25, 0.3) is 0 Å². The molecule has 0 radical (unpaired) electrons. The van der Waals surface area contributed by atoms with Crippen molar-refractivity contribution in [3.63, 3.8) is 0 Å². The summed E-state index contributed by atoms with van der Waals surface area (Å²) < 4.78 is 23.3. The van der Waals surface area contributed by atoms with Crippen molar-refractivity contribution in [2.24, 2.45) is 0 Å². The Morgan fingerprint density at radius 1 is 1.08 bits per heavy atom. The third kappa shape index (κ3) is 6.48. The normalized spacial score (nSPS) is 17.8. The number of amides is 3. The molecule has 1 saturated heterocycles. The third-order valence-corrected chi connectivity index (χ3v) is 9.34. The van der Waals surface area contributed by atoms with Crippen LogP contribution in [0.5, 0.6) is 23.0 Å². The molecule has 2 atom stereocenters. The number of phenolic OH excluding ortho intramolecular Hbond substituents is 1. The van der Waals surface area contributed by atoms with Gasteiger partial charge in [-0.2, -0.15) is 0 Å². The highest BCUT2D eigenvalue weighted by Crippen LogP contribution is 2.39. The average molecular weight is 679 g/mol. The number of ether oxygens (including phenoxy) is 2. The van der Waals surface area contributed by atoms with E-state index in [-0.39, 0.29) is 61.6 Å². The Morgan fingerprint density at radius 3 is 2.74 bits per heavy atom. The first kappa shape index (κ1) is 32.8. The molecule has 12 heteroatoms. The van der Waals surface area contributed by atoms with Crippen molar-refractivity contribution in [2.75, 3.05) is 13.7 Å². The average Bonchev–Trinajstić information content (AvgIpc) is 3.80. The molecule has 2 aliphatic heterocycles. The van der Waals surface area contributed by atoms with E-state index in [4.69, 9.17) is 18.3 Å². The predicted molar refractivity (Wildman–Crippen MR) is 183 cm³/mol. The van der Waals surface area contributed by atoms with E-state index >= 15 is 0 Å². The van der Waals surface area contributed by atoms with E-state index in [2.05, 4.69) is 21.7 Å². The zero-order valence-corrected chi connectivity index (χ0v) is 28.3. The highest BCUT2D eigenvalue weighted by atomic mass is 16.5. The molecule has 1 fully saturated rings. The molecule has 3 amide bonds. The maximum absolute atomic E-state index is 13.7. The van der Waals surface area contributed by atoms with Gasteiger partial charge >= 0.3 is 0 Å². The third-order valence-electron chi connectivity index (χ3n) is 9.34. The van der Waals surface area contributed by atoms with Crippen LogP contribution in [0.3, 0.4) is 0 Å². The van der Waals surface area contributed by atoms with E-state index in [9.17, 15) is 19.5 Å². The van der Waals surface area contributed by atoms with Crippen LogP contribution in [-0.2, 0) is 33.8 Å². The first-order valence-electron chi connectivity index (χ1n) is 16.5. The minimum absolute atomic E-state index is 0.0774. The zero-order valence-electron chi connectivity index (χ0n) is 28.3. The minimum atomic E-state index is -0.804. The number of aromatic nitrogens is 1. The lowest BCUT2D eigenvalue weighted by molar-refractivity contribution is -0.138.